The summed E-state index contributed by atoms with van der Waals surface area (Å²) in [6.07, 6.45) is 0.736. The number of halogens is 1. The molecule has 0 radical (unpaired) electrons. The van der Waals surface area contributed by atoms with Gasteiger partial charge in [-0.1, -0.05) is 35.9 Å². The molecule has 0 amide bonds. The van der Waals surface area contributed by atoms with Gasteiger partial charge in [0.15, 0.2) is 0 Å². The molecule has 0 spiro atoms. The molecule has 0 bridgehead atoms. The highest BCUT2D eigenvalue weighted by atomic mass is 35.5. The molecule has 0 atom stereocenters. The van der Waals surface area contributed by atoms with Gasteiger partial charge in [0, 0.05) is 5.56 Å². The molecular formula is C15H15ClO2. The zero-order chi connectivity index (χ0) is 13.1. The average Bonchev–Trinajstić information content (AvgIpc) is 2.36. The third-order valence-corrected chi connectivity index (χ3v) is 3.32. The molecule has 2 rings (SSSR count). The molecule has 2 aromatic carbocycles. The lowest BCUT2D eigenvalue weighted by atomic mass is 9.99. The second-order valence-electron chi connectivity index (χ2n) is 4.35. The molecule has 0 fully saturated rings. The second-order valence-corrected chi connectivity index (χ2v) is 4.75. The van der Waals surface area contributed by atoms with Crippen molar-refractivity contribution in [2.75, 3.05) is 0 Å². The van der Waals surface area contributed by atoms with Crippen LogP contribution in [-0.2, 0) is 13.0 Å². The topological polar surface area (TPSA) is 40.5 Å². The fourth-order valence-corrected chi connectivity index (χ4v) is 2.23. The minimum absolute atomic E-state index is 0.0345. The Bertz CT molecular complexity index is 564. The van der Waals surface area contributed by atoms with Crippen molar-refractivity contribution in [1.29, 1.82) is 0 Å². The minimum Gasteiger partial charge on any atom is -0.506 e. The normalized spacial score (nSPS) is 10.6. The molecule has 2 aromatic rings. The van der Waals surface area contributed by atoms with E-state index in [2.05, 4.69) is 19.1 Å². The minimum atomic E-state index is -0.215. The molecule has 0 unspecified atom stereocenters. The van der Waals surface area contributed by atoms with Crippen molar-refractivity contribution in [3.63, 3.8) is 0 Å². The first-order valence-electron chi connectivity index (χ1n) is 5.77. The standard InChI is InChI=1S/C15H15ClO2/c1-10-4-2-3-5-12(10)6-11-7-13(9-17)15(18)14(16)8-11/h2-5,7-8,17-18H,6,9H2,1H3. The van der Waals surface area contributed by atoms with E-state index in [0.29, 0.717) is 5.56 Å². The van der Waals surface area contributed by atoms with Crippen LogP contribution in [0.1, 0.15) is 22.3 Å². The van der Waals surface area contributed by atoms with E-state index in [1.165, 1.54) is 11.1 Å². The zero-order valence-electron chi connectivity index (χ0n) is 10.2. The van der Waals surface area contributed by atoms with Gasteiger partial charge in [0.25, 0.3) is 0 Å². The Morgan fingerprint density at radius 1 is 1.11 bits per heavy atom. The molecule has 94 valence electrons. The summed E-state index contributed by atoms with van der Waals surface area (Å²) in [5, 5.41) is 19.1. The maximum Gasteiger partial charge on any atom is 0.139 e. The summed E-state index contributed by atoms with van der Waals surface area (Å²) in [6, 6.07) is 11.6. The van der Waals surface area contributed by atoms with Gasteiger partial charge < -0.3 is 10.2 Å². The van der Waals surface area contributed by atoms with Crippen molar-refractivity contribution in [2.24, 2.45) is 0 Å². The molecule has 0 heterocycles. The van der Waals surface area contributed by atoms with Gasteiger partial charge in [-0.05, 0) is 42.2 Å². The third-order valence-electron chi connectivity index (χ3n) is 3.03. The first-order chi connectivity index (χ1) is 8.61. The van der Waals surface area contributed by atoms with Crippen molar-refractivity contribution in [1.82, 2.24) is 0 Å². The maximum atomic E-state index is 9.65. The summed E-state index contributed by atoms with van der Waals surface area (Å²) < 4.78 is 0. The van der Waals surface area contributed by atoms with E-state index in [0.717, 1.165) is 12.0 Å². The lowest BCUT2D eigenvalue weighted by Gasteiger charge is -2.09. The van der Waals surface area contributed by atoms with Crippen LogP contribution in [0.3, 0.4) is 0 Å². The van der Waals surface area contributed by atoms with E-state index in [1.807, 2.05) is 12.1 Å². The van der Waals surface area contributed by atoms with Crippen molar-refractivity contribution in [2.45, 2.75) is 20.0 Å². The maximum absolute atomic E-state index is 9.65. The number of benzene rings is 2. The van der Waals surface area contributed by atoms with Crippen LogP contribution in [0.25, 0.3) is 0 Å². The average molecular weight is 263 g/mol. The number of aromatic hydroxyl groups is 1. The summed E-state index contributed by atoms with van der Waals surface area (Å²) in [5.74, 6) is -0.0345. The Labute approximate surface area is 111 Å². The molecule has 0 aromatic heterocycles. The Balaban J connectivity index is 2.36. The van der Waals surface area contributed by atoms with E-state index in [9.17, 15) is 5.11 Å². The van der Waals surface area contributed by atoms with E-state index < -0.39 is 0 Å². The van der Waals surface area contributed by atoms with Gasteiger partial charge in [0.1, 0.15) is 5.75 Å². The van der Waals surface area contributed by atoms with Crippen LogP contribution >= 0.6 is 11.6 Å². The van der Waals surface area contributed by atoms with Crippen LogP contribution in [-0.4, -0.2) is 10.2 Å². The Morgan fingerprint density at radius 2 is 1.83 bits per heavy atom. The van der Waals surface area contributed by atoms with Crippen LogP contribution in [0.4, 0.5) is 0 Å². The van der Waals surface area contributed by atoms with E-state index >= 15 is 0 Å². The Morgan fingerprint density at radius 3 is 2.50 bits per heavy atom. The van der Waals surface area contributed by atoms with Crippen molar-refractivity contribution >= 4 is 11.6 Å². The van der Waals surface area contributed by atoms with E-state index in [4.69, 9.17) is 16.7 Å². The van der Waals surface area contributed by atoms with Gasteiger partial charge in [-0.25, -0.2) is 0 Å². The molecule has 3 heteroatoms. The van der Waals surface area contributed by atoms with Crippen molar-refractivity contribution in [3.05, 3.63) is 63.7 Å². The number of rotatable bonds is 3. The summed E-state index contributed by atoms with van der Waals surface area (Å²) in [4.78, 5) is 0. The fourth-order valence-electron chi connectivity index (χ4n) is 1.97. The van der Waals surface area contributed by atoms with Crippen molar-refractivity contribution < 1.29 is 10.2 Å². The van der Waals surface area contributed by atoms with Gasteiger partial charge in [-0.2, -0.15) is 0 Å². The number of aliphatic hydroxyl groups excluding tert-OH is 1. The highest BCUT2D eigenvalue weighted by Crippen LogP contribution is 2.30. The van der Waals surface area contributed by atoms with Gasteiger partial charge >= 0.3 is 0 Å². The van der Waals surface area contributed by atoms with Gasteiger partial charge in [-0.15, -0.1) is 0 Å². The lowest BCUT2D eigenvalue weighted by Crippen LogP contribution is -1.94. The fraction of sp³-hybridized carbons (Fsp3) is 0.200. The van der Waals surface area contributed by atoms with Crippen LogP contribution < -0.4 is 0 Å². The molecule has 0 aliphatic carbocycles. The van der Waals surface area contributed by atoms with Gasteiger partial charge in [0.05, 0.1) is 11.6 Å². The molecular weight excluding hydrogens is 248 g/mol. The largest absolute Gasteiger partial charge is 0.506 e. The number of aryl methyl sites for hydroxylation is 1. The predicted molar refractivity (Wildman–Crippen MR) is 73.0 cm³/mol. The molecule has 0 aliphatic heterocycles. The van der Waals surface area contributed by atoms with Crippen LogP contribution in [0.15, 0.2) is 36.4 Å². The molecule has 18 heavy (non-hydrogen) atoms. The van der Waals surface area contributed by atoms with E-state index in [1.54, 1.807) is 12.1 Å². The molecule has 0 aliphatic rings. The second kappa shape index (κ2) is 5.42. The lowest BCUT2D eigenvalue weighted by molar-refractivity contribution is 0.275. The smallest absolute Gasteiger partial charge is 0.139 e. The first-order valence-corrected chi connectivity index (χ1v) is 6.15. The SMILES string of the molecule is Cc1ccccc1Cc1cc(Cl)c(O)c(CO)c1. The highest BCUT2D eigenvalue weighted by molar-refractivity contribution is 6.32. The quantitative estimate of drug-likeness (QED) is 0.890. The first kappa shape index (κ1) is 12.9. The Kier molecular flexibility index (Phi) is 3.90. The number of phenols is 1. The Hall–Kier alpha value is -1.51. The monoisotopic (exact) mass is 262 g/mol. The third kappa shape index (κ3) is 2.66. The summed E-state index contributed by atoms with van der Waals surface area (Å²) >= 11 is 5.94. The van der Waals surface area contributed by atoms with Gasteiger partial charge in [0.2, 0.25) is 0 Å². The number of hydrogen-bond donors (Lipinski definition) is 2. The highest BCUT2D eigenvalue weighted by Gasteiger charge is 2.08. The zero-order valence-corrected chi connectivity index (χ0v) is 10.9. The summed E-state index contributed by atoms with van der Waals surface area (Å²) in [5.41, 5.74) is 3.87. The van der Waals surface area contributed by atoms with Crippen LogP contribution in [0, 0.1) is 6.92 Å². The van der Waals surface area contributed by atoms with Crippen LogP contribution in [0.2, 0.25) is 5.02 Å². The van der Waals surface area contributed by atoms with Crippen molar-refractivity contribution in [3.8, 4) is 5.75 Å². The van der Waals surface area contributed by atoms with Gasteiger partial charge in [-0.3, -0.25) is 0 Å². The number of aliphatic hydroxyl groups is 1. The van der Waals surface area contributed by atoms with E-state index in [-0.39, 0.29) is 17.4 Å². The molecule has 0 saturated carbocycles. The summed E-state index contributed by atoms with van der Waals surface area (Å²) in [7, 11) is 0. The summed E-state index contributed by atoms with van der Waals surface area (Å²) in [6.45, 7) is 1.84. The number of hydrogen-bond acceptors (Lipinski definition) is 2. The molecule has 0 saturated heterocycles. The van der Waals surface area contributed by atoms with Crippen LogP contribution in [0.5, 0.6) is 5.75 Å². The molecule has 2 N–H and O–H groups in total. The molecule has 2 nitrogen and oxygen atoms in total. The predicted octanol–water partition coefficient (Wildman–Crippen LogP) is 3.44.